The van der Waals surface area contributed by atoms with Gasteiger partial charge in [0.1, 0.15) is 6.20 Å². The maximum Gasteiger partial charge on any atom is 0.343 e. The fraction of sp³-hybridized carbons (Fsp3) is 0.286. The van der Waals surface area contributed by atoms with Gasteiger partial charge in [0.15, 0.2) is 0 Å². The molecule has 0 radical (unpaired) electrons. The maximum atomic E-state index is 11.1. The lowest BCUT2D eigenvalue weighted by molar-refractivity contribution is -0.392. The van der Waals surface area contributed by atoms with E-state index in [0.29, 0.717) is 18.8 Å². The van der Waals surface area contributed by atoms with Crippen molar-refractivity contribution in [1.82, 2.24) is 19.4 Å². The lowest BCUT2D eigenvalue weighted by Gasteiger charge is -2.05. The number of nitro groups is 1. The number of rotatable bonds is 6. The Kier molecular flexibility index (Phi) is 4.65. The van der Waals surface area contributed by atoms with Gasteiger partial charge in [0, 0.05) is 45.2 Å². The first-order valence-corrected chi connectivity index (χ1v) is 6.51. The SMILES string of the molecule is CN(C)C=Cc1ncc([N+](=O)[O-])n1CCc1ccncc1. The third kappa shape index (κ3) is 3.88. The molecule has 0 atom stereocenters. The van der Waals surface area contributed by atoms with E-state index in [4.69, 9.17) is 0 Å². The van der Waals surface area contributed by atoms with E-state index in [-0.39, 0.29) is 5.82 Å². The van der Waals surface area contributed by atoms with Crippen molar-refractivity contribution >= 4 is 11.9 Å². The van der Waals surface area contributed by atoms with Crippen LogP contribution in [-0.4, -0.2) is 38.5 Å². The van der Waals surface area contributed by atoms with Crippen LogP contribution in [0.2, 0.25) is 0 Å². The van der Waals surface area contributed by atoms with Crippen molar-refractivity contribution in [2.24, 2.45) is 0 Å². The van der Waals surface area contributed by atoms with Gasteiger partial charge in [-0.15, -0.1) is 0 Å². The largest absolute Gasteiger partial charge is 0.383 e. The monoisotopic (exact) mass is 287 g/mol. The Hall–Kier alpha value is -2.70. The number of pyridine rings is 1. The average Bonchev–Trinajstić information content (AvgIpc) is 2.87. The summed E-state index contributed by atoms with van der Waals surface area (Å²) in [5.41, 5.74) is 1.08. The van der Waals surface area contributed by atoms with Gasteiger partial charge in [0.05, 0.1) is 6.54 Å². The Morgan fingerprint density at radius 2 is 2.10 bits per heavy atom. The highest BCUT2D eigenvalue weighted by atomic mass is 16.6. The van der Waals surface area contributed by atoms with E-state index in [1.807, 2.05) is 37.3 Å². The summed E-state index contributed by atoms with van der Waals surface area (Å²) in [5, 5.41) is 11.1. The Labute approximate surface area is 122 Å². The van der Waals surface area contributed by atoms with Gasteiger partial charge in [-0.2, -0.15) is 0 Å². The number of aromatic nitrogens is 3. The fourth-order valence-corrected chi connectivity index (χ4v) is 1.89. The summed E-state index contributed by atoms with van der Waals surface area (Å²) in [7, 11) is 3.77. The average molecular weight is 287 g/mol. The van der Waals surface area contributed by atoms with Gasteiger partial charge >= 0.3 is 5.82 Å². The van der Waals surface area contributed by atoms with Crippen LogP contribution in [-0.2, 0) is 13.0 Å². The van der Waals surface area contributed by atoms with Crippen LogP contribution in [0.3, 0.4) is 0 Å². The molecule has 2 aromatic heterocycles. The Balaban J connectivity index is 2.22. The van der Waals surface area contributed by atoms with Crippen molar-refractivity contribution in [2.75, 3.05) is 14.1 Å². The van der Waals surface area contributed by atoms with Gasteiger partial charge in [-0.3, -0.25) is 4.98 Å². The van der Waals surface area contributed by atoms with Gasteiger partial charge in [-0.25, -0.2) is 9.55 Å². The smallest absolute Gasteiger partial charge is 0.343 e. The second-order valence-electron chi connectivity index (χ2n) is 4.77. The van der Waals surface area contributed by atoms with Crippen LogP contribution in [0, 0.1) is 10.1 Å². The molecule has 2 rings (SSSR count). The molecule has 0 fully saturated rings. The first-order valence-electron chi connectivity index (χ1n) is 6.51. The second-order valence-corrected chi connectivity index (χ2v) is 4.77. The molecule has 0 unspecified atom stereocenters. The molecule has 0 aliphatic rings. The van der Waals surface area contributed by atoms with Gasteiger partial charge < -0.3 is 15.0 Å². The standard InChI is InChI=1S/C14H17N5O2/c1-17(2)9-6-13-16-11-14(19(20)21)18(13)10-5-12-3-7-15-8-4-12/h3-4,6-9,11H,5,10H2,1-2H3. The summed E-state index contributed by atoms with van der Waals surface area (Å²) < 4.78 is 1.61. The van der Waals surface area contributed by atoms with Gasteiger partial charge in [-0.05, 0) is 22.6 Å². The van der Waals surface area contributed by atoms with Crippen LogP contribution < -0.4 is 0 Å². The van der Waals surface area contributed by atoms with Crippen LogP contribution in [0.25, 0.3) is 6.08 Å². The van der Waals surface area contributed by atoms with E-state index >= 15 is 0 Å². The van der Waals surface area contributed by atoms with Gasteiger partial charge in [-0.1, -0.05) is 0 Å². The van der Waals surface area contributed by atoms with Crippen molar-refractivity contribution in [3.8, 4) is 0 Å². The van der Waals surface area contributed by atoms with E-state index in [0.717, 1.165) is 5.56 Å². The number of imidazole rings is 1. The molecule has 7 nitrogen and oxygen atoms in total. The lowest BCUT2D eigenvalue weighted by atomic mass is 10.2. The molecule has 21 heavy (non-hydrogen) atoms. The van der Waals surface area contributed by atoms with Crippen molar-refractivity contribution in [2.45, 2.75) is 13.0 Å². The summed E-state index contributed by atoms with van der Waals surface area (Å²) in [6, 6.07) is 3.80. The normalized spacial score (nSPS) is 11.0. The summed E-state index contributed by atoms with van der Waals surface area (Å²) in [6.07, 6.45) is 8.98. The van der Waals surface area contributed by atoms with Crippen LogP contribution >= 0.6 is 0 Å². The zero-order chi connectivity index (χ0) is 15.2. The summed E-state index contributed by atoms with van der Waals surface area (Å²) >= 11 is 0. The third-order valence-electron chi connectivity index (χ3n) is 2.95. The quantitative estimate of drug-likeness (QED) is 0.599. The molecule has 0 aromatic carbocycles. The number of hydrogen-bond donors (Lipinski definition) is 0. The molecular formula is C14H17N5O2. The van der Waals surface area contributed by atoms with E-state index in [1.54, 1.807) is 23.0 Å². The molecule has 2 aromatic rings. The Morgan fingerprint density at radius 1 is 1.38 bits per heavy atom. The molecule has 0 aliphatic heterocycles. The highest BCUT2D eigenvalue weighted by Gasteiger charge is 2.18. The predicted octanol–water partition coefficient (Wildman–Crippen LogP) is 1.96. The molecule has 0 N–H and O–H groups in total. The molecule has 110 valence electrons. The molecule has 0 bridgehead atoms. The fourth-order valence-electron chi connectivity index (χ4n) is 1.89. The highest BCUT2D eigenvalue weighted by molar-refractivity contribution is 5.43. The summed E-state index contributed by atoms with van der Waals surface area (Å²) in [6.45, 7) is 0.493. The van der Waals surface area contributed by atoms with Crippen LogP contribution in [0.5, 0.6) is 0 Å². The van der Waals surface area contributed by atoms with Crippen LogP contribution in [0.1, 0.15) is 11.4 Å². The van der Waals surface area contributed by atoms with E-state index < -0.39 is 4.92 Å². The van der Waals surface area contributed by atoms with Crippen LogP contribution in [0.15, 0.2) is 36.9 Å². The summed E-state index contributed by atoms with van der Waals surface area (Å²) in [4.78, 5) is 20.6. The second kappa shape index (κ2) is 6.65. The van der Waals surface area contributed by atoms with Crippen LogP contribution in [0.4, 0.5) is 5.82 Å². The van der Waals surface area contributed by atoms with Crippen molar-refractivity contribution in [1.29, 1.82) is 0 Å². The lowest BCUT2D eigenvalue weighted by Crippen LogP contribution is -2.08. The molecule has 0 aliphatic carbocycles. The molecule has 0 spiro atoms. The van der Waals surface area contributed by atoms with Crippen molar-refractivity contribution in [3.63, 3.8) is 0 Å². The van der Waals surface area contributed by atoms with Gasteiger partial charge in [0.25, 0.3) is 0 Å². The van der Waals surface area contributed by atoms with Crippen molar-refractivity contribution in [3.05, 3.63) is 58.4 Å². The van der Waals surface area contributed by atoms with E-state index in [9.17, 15) is 10.1 Å². The van der Waals surface area contributed by atoms with E-state index in [1.165, 1.54) is 6.20 Å². The minimum Gasteiger partial charge on any atom is -0.383 e. The molecule has 0 saturated carbocycles. The molecule has 0 saturated heterocycles. The Morgan fingerprint density at radius 3 is 2.71 bits per heavy atom. The minimum absolute atomic E-state index is 0.00228. The highest BCUT2D eigenvalue weighted by Crippen LogP contribution is 2.16. The molecule has 2 heterocycles. The summed E-state index contributed by atoms with van der Waals surface area (Å²) in [5.74, 6) is 0.576. The topological polar surface area (TPSA) is 77.1 Å². The minimum atomic E-state index is -0.410. The zero-order valence-corrected chi connectivity index (χ0v) is 12.0. The number of nitrogens with zero attached hydrogens (tertiary/aromatic N) is 5. The Bertz CT molecular complexity index is 634. The van der Waals surface area contributed by atoms with Gasteiger partial charge in [0.2, 0.25) is 5.82 Å². The predicted molar refractivity (Wildman–Crippen MR) is 79.5 cm³/mol. The first kappa shape index (κ1) is 14.7. The first-order chi connectivity index (χ1) is 10.1. The maximum absolute atomic E-state index is 11.1. The van der Waals surface area contributed by atoms with E-state index in [2.05, 4.69) is 9.97 Å². The molecular weight excluding hydrogens is 270 g/mol. The zero-order valence-electron chi connectivity index (χ0n) is 12.0. The molecule has 0 amide bonds. The third-order valence-corrected chi connectivity index (χ3v) is 2.95. The number of aryl methyl sites for hydroxylation is 1. The molecule has 7 heteroatoms. The number of hydrogen-bond acceptors (Lipinski definition) is 5. The van der Waals surface area contributed by atoms with Crippen molar-refractivity contribution < 1.29 is 4.92 Å².